The molecule has 1 aromatic carbocycles. The first kappa shape index (κ1) is 29.3. The number of nitrogens with one attached hydrogen (secondary N) is 1. The summed E-state index contributed by atoms with van der Waals surface area (Å²) in [6.07, 6.45) is 4.62. The van der Waals surface area contributed by atoms with Crippen molar-refractivity contribution in [2.45, 2.75) is 38.3 Å². The number of nitrogens with zero attached hydrogens (tertiary/aromatic N) is 7. The maximum atomic E-state index is 15.0. The molecule has 0 radical (unpaired) electrons. The molecule has 0 bridgehead atoms. The van der Waals surface area contributed by atoms with Gasteiger partial charge in [0, 0.05) is 44.6 Å². The summed E-state index contributed by atoms with van der Waals surface area (Å²) < 4.78 is 70.4. The normalized spacial score (nSPS) is 12.8. The molecular formula is C24H30F2N8O5S. The van der Waals surface area contributed by atoms with Crippen molar-refractivity contribution >= 4 is 27.3 Å². The summed E-state index contributed by atoms with van der Waals surface area (Å²) in [5, 5.41) is 20.1. The van der Waals surface area contributed by atoms with Gasteiger partial charge in [0.25, 0.3) is 0 Å². The molecule has 2 N–H and O–H groups in total. The van der Waals surface area contributed by atoms with E-state index in [9.17, 15) is 17.2 Å². The molecule has 0 aliphatic carbocycles. The van der Waals surface area contributed by atoms with E-state index in [1.165, 1.54) is 17.9 Å². The van der Waals surface area contributed by atoms with E-state index in [1.807, 2.05) is 13.8 Å². The van der Waals surface area contributed by atoms with Crippen LogP contribution in [0, 0.1) is 11.6 Å². The predicted octanol–water partition coefficient (Wildman–Crippen LogP) is 2.97. The van der Waals surface area contributed by atoms with Gasteiger partial charge in [-0.3, -0.25) is 0 Å². The highest BCUT2D eigenvalue weighted by Gasteiger charge is 2.27. The Morgan fingerprint density at radius 1 is 1.20 bits per heavy atom. The van der Waals surface area contributed by atoms with Gasteiger partial charge in [0.15, 0.2) is 5.75 Å². The molecule has 16 heteroatoms. The monoisotopic (exact) mass is 580 g/mol. The highest BCUT2D eigenvalue weighted by molar-refractivity contribution is 7.89. The standard InChI is InChI=1S/C24H30F2N8O5S/c1-5-38-15(3)33-13-16(12-28-33)21-22(39-6-2)23-30-24(31-34(23)14-27-21)29-19-10-18(26)20(11-17(19)25)40(36,37)32(4)8-7-9-35/h10-15,35H,5-9H2,1-4H3,(H,29,31). The Balaban J connectivity index is 1.66. The Bertz CT molecular complexity index is 1590. The number of hydrogen-bond donors (Lipinski definition) is 2. The van der Waals surface area contributed by atoms with Crippen molar-refractivity contribution in [3.63, 3.8) is 0 Å². The summed E-state index contributed by atoms with van der Waals surface area (Å²) >= 11 is 0. The maximum absolute atomic E-state index is 15.0. The average molecular weight is 581 g/mol. The zero-order chi connectivity index (χ0) is 29.0. The van der Waals surface area contributed by atoms with Gasteiger partial charge in [-0.05, 0) is 33.3 Å². The van der Waals surface area contributed by atoms with Crippen LogP contribution in [-0.4, -0.2) is 80.6 Å². The number of sulfonamides is 1. The van der Waals surface area contributed by atoms with Crippen LogP contribution in [-0.2, 0) is 14.8 Å². The Labute approximate surface area is 229 Å². The van der Waals surface area contributed by atoms with E-state index in [-0.39, 0.29) is 49.7 Å². The van der Waals surface area contributed by atoms with Crippen LogP contribution in [0.4, 0.5) is 20.4 Å². The molecule has 0 fully saturated rings. The smallest absolute Gasteiger partial charge is 0.247 e. The van der Waals surface area contributed by atoms with Crippen LogP contribution in [0.1, 0.15) is 33.4 Å². The molecule has 216 valence electrons. The number of halogens is 2. The number of ether oxygens (including phenoxy) is 2. The van der Waals surface area contributed by atoms with Crippen molar-refractivity contribution in [1.82, 2.24) is 33.7 Å². The second kappa shape index (κ2) is 12.2. The maximum Gasteiger partial charge on any atom is 0.247 e. The molecule has 3 aromatic heterocycles. The first-order chi connectivity index (χ1) is 19.1. The van der Waals surface area contributed by atoms with E-state index in [0.717, 1.165) is 10.4 Å². The molecule has 0 amide bonds. The van der Waals surface area contributed by atoms with E-state index in [1.54, 1.807) is 24.0 Å². The molecule has 3 heterocycles. The lowest BCUT2D eigenvalue weighted by Gasteiger charge is -2.17. The van der Waals surface area contributed by atoms with Crippen LogP contribution in [0.15, 0.2) is 35.7 Å². The van der Waals surface area contributed by atoms with Gasteiger partial charge in [-0.15, -0.1) is 5.10 Å². The van der Waals surface area contributed by atoms with Crippen LogP contribution in [0.5, 0.6) is 5.75 Å². The molecule has 0 aliphatic heterocycles. The molecular weight excluding hydrogens is 550 g/mol. The number of aliphatic hydroxyl groups is 1. The van der Waals surface area contributed by atoms with E-state index in [0.29, 0.717) is 29.7 Å². The number of hydrogen-bond acceptors (Lipinski definition) is 10. The van der Waals surface area contributed by atoms with Crippen LogP contribution < -0.4 is 10.1 Å². The number of aliphatic hydroxyl groups excluding tert-OH is 1. The summed E-state index contributed by atoms with van der Waals surface area (Å²) in [6, 6.07) is 1.30. The van der Waals surface area contributed by atoms with E-state index in [2.05, 4.69) is 25.5 Å². The van der Waals surface area contributed by atoms with E-state index >= 15 is 0 Å². The highest BCUT2D eigenvalue weighted by Crippen LogP contribution is 2.33. The largest absolute Gasteiger partial charge is 0.488 e. The van der Waals surface area contributed by atoms with Gasteiger partial charge >= 0.3 is 0 Å². The molecule has 4 rings (SSSR count). The number of anilines is 2. The van der Waals surface area contributed by atoms with Gasteiger partial charge in [0.1, 0.15) is 34.8 Å². The Hall–Kier alpha value is -3.73. The second-order valence-corrected chi connectivity index (χ2v) is 10.6. The summed E-state index contributed by atoms with van der Waals surface area (Å²) in [5.41, 5.74) is 0.970. The summed E-state index contributed by atoms with van der Waals surface area (Å²) in [5.74, 6) is -2.00. The minimum absolute atomic E-state index is 0.0599. The third-order valence-corrected chi connectivity index (χ3v) is 7.75. The fourth-order valence-electron chi connectivity index (χ4n) is 3.87. The first-order valence-corrected chi connectivity index (χ1v) is 13.9. The lowest BCUT2D eigenvalue weighted by molar-refractivity contribution is 0.0160. The van der Waals surface area contributed by atoms with Gasteiger partial charge in [-0.1, -0.05) is 0 Å². The fourth-order valence-corrected chi connectivity index (χ4v) is 5.14. The minimum Gasteiger partial charge on any atom is -0.488 e. The second-order valence-electron chi connectivity index (χ2n) is 8.61. The van der Waals surface area contributed by atoms with Crippen LogP contribution in [0.25, 0.3) is 16.9 Å². The SMILES string of the molecule is CCOc1c(-c2cnn(C(C)OCC)c2)ncn2nc(Nc3cc(F)c(S(=O)(=O)N(C)CCCO)cc3F)nc12. The van der Waals surface area contributed by atoms with Crippen molar-refractivity contribution in [3.05, 3.63) is 42.5 Å². The zero-order valence-corrected chi connectivity index (χ0v) is 23.2. The van der Waals surface area contributed by atoms with Crippen LogP contribution in [0.2, 0.25) is 0 Å². The third-order valence-electron chi connectivity index (χ3n) is 5.88. The van der Waals surface area contributed by atoms with Crippen molar-refractivity contribution in [2.75, 3.05) is 38.7 Å². The van der Waals surface area contributed by atoms with Gasteiger partial charge in [0.05, 0.1) is 18.5 Å². The van der Waals surface area contributed by atoms with Crippen molar-refractivity contribution < 1.29 is 31.8 Å². The van der Waals surface area contributed by atoms with Crippen molar-refractivity contribution in [2.24, 2.45) is 0 Å². The molecule has 4 aromatic rings. The van der Waals surface area contributed by atoms with Crippen molar-refractivity contribution in [3.8, 4) is 17.0 Å². The summed E-state index contributed by atoms with van der Waals surface area (Å²) in [7, 11) is -3.10. The molecule has 0 saturated heterocycles. The molecule has 0 spiro atoms. The van der Waals surface area contributed by atoms with Gasteiger partial charge in [-0.2, -0.15) is 14.6 Å². The van der Waals surface area contributed by atoms with Gasteiger partial charge in [-0.25, -0.2) is 31.2 Å². The summed E-state index contributed by atoms with van der Waals surface area (Å²) in [6.45, 7) is 6.03. The molecule has 13 nitrogen and oxygen atoms in total. The van der Waals surface area contributed by atoms with Crippen LogP contribution >= 0.6 is 0 Å². The third kappa shape index (κ3) is 5.89. The van der Waals surface area contributed by atoms with E-state index in [4.69, 9.17) is 14.6 Å². The fraction of sp³-hybridized carbons (Fsp3) is 0.417. The molecule has 1 unspecified atom stereocenters. The van der Waals surface area contributed by atoms with E-state index < -0.39 is 26.6 Å². The average Bonchev–Trinajstić information content (AvgIpc) is 3.57. The minimum atomic E-state index is -4.32. The number of fused-ring (bicyclic) bond motifs is 1. The highest BCUT2D eigenvalue weighted by atomic mass is 32.2. The van der Waals surface area contributed by atoms with Gasteiger partial charge < -0.3 is 19.9 Å². The first-order valence-electron chi connectivity index (χ1n) is 12.5. The molecule has 40 heavy (non-hydrogen) atoms. The Morgan fingerprint density at radius 3 is 2.67 bits per heavy atom. The Kier molecular flexibility index (Phi) is 8.92. The molecule has 0 saturated carbocycles. The lowest BCUT2D eigenvalue weighted by atomic mass is 10.2. The zero-order valence-electron chi connectivity index (χ0n) is 22.4. The van der Waals surface area contributed by atoms with Crippen molar-refractivity contribution in [1.29, 1.82) is 0 Å². The predicted molar refractivity (Wildman–Crippen MR) is 141 cm³/mol. The summed E-state index contributed by atoms with van der Waals surface area (Å²) in [4.78, 5) is 7.98. The number of benzene rings is 1. The van der Waals surface area contributed by atoms with Gasteiger partial charge in [0.2, 0.25) is 21.6 Å². The number of rotatable bonds is 13. The quantitative estimate of drug-likeness (QED) is 0.242. The lowest BCUT2D eigenvalue weighted by Crippen LogP contribution is -2.29. The topological polar surface area (TPSA) is 149 Å². The Morgan fingerprint density at radius 2 is 1.98 bits per heavy atom. The van der Waals surface area contributed by atoms with Crippen LogP contribution in [0.3, 0.4) is 0 Å². The molecule has 1 atom stereocenters. The molecule has 0 aliphatic rings. The number of aromatic nitrogens is 6.